The van der Waals surface area contributed by atoms with Gasteiger partial charge in [-0.2, -0.15) is 0 Å². The third-order valence-corrected chi connectivity index (χ3v) is 11.5. The van der Waals surface area contributed by atoms with Gasteiger partial charge in [0.05, 0.1) is 6.42 Å². The lowest BCUT2D eigenvalue weighted by atomic mass is 9.98. The number of fused-ring (bicyclic) bond motifs is 3. The van der Waals surface area contributed by atoms with Gasteiger partial charge < -0.3 is 35.8 Å². The van der Waals surface area contributed by atoms with E-state index in [1.165, 1.54) is 49.7 Å². The highest BCUT2D eigenvalue weighted by Crippen LogP contribution is 2.44. The number of piperidine rings is 1. The zero-order valence-electron chi connectivity index (χ0n) is 36.0. The summed E-state index contributed by atoms with van der Waals surface area (Å²) >= 11 is 0. The Morgan fingerprint density at radius 1 is 0.746 bits per heavy atom. The lowest BCUT2D eigenvalue weighted by Crippen LogP contribution is -2.60. The summed E-state index contributed by atoms with van der Waals surface area (Å²) in [4.78, 5) is 99.3. The zero-order chi connectivity index (χ0) is 43.7. The number of amides is 7. The van der Waals surface area contributed by atoms with Gasteiger partial charge >= 0.3 is 6.09 Å². The topological polar surface area (TPSA) is 192 Å². The molecular weight excluding hydrogens is 755 g/mol. The van der Waals surface area contributed by atoms with E-state index < -0.39 is 71.8 Å². The number of hydrogen-bond donors (Lipinski definition) is 3. The average molecular weight is 818 g/mol. The summed E-state index contributed by atoms with van der Waals surface area (Å²) in [5.41, 5.74) is 9.82. The second-order valence-electron chi connectivity index (χ2n) is 16.7. The molecule has 0 radical (unpaired) electrons. The minimum atomic E-state index is -1.13. The highest BCUT2D eigenvalue weighted by atomic mass is 16.6. The Labute approximate surface area is 348 Å². The largest absolute Gasteiger partial charge is 0.448 e. The third kappa shape index (κ3) is 11.2. The number of benzene rings is 2. The Hall–Kier alpha value is -5.47. The number of nitrogens with two attached hydrogens (primary N) is 1. The molecule has 0 aromatic heterocycles. The van der Waals surface area contributed by atoms with Crippen LogP contribution in [0.5, 0.6) is 0 Å². The van der Waals surface area contributed by atoms with Crippen LogP contribution in [-0.4, -0.2) is 132 Å². The first-order chi connectivity index (χ1) is 27.8. The Bertz CT molecular complexity index is 1820. The number of rotatable bonds is 17. The SMILES string of the molecule is CC(C)C[C@H](NC(=O)[C@H](C)N(C)C(=O)OCC1c2ccccc2-c2ccccc21)C(=O)N[C@@H](C)C(=O)N(C)[C@H](C(=O)N(C)[C@@H](CC(N)=O)C(=O)N1CCCCC1)C(C)C. The monoisotopic (exact) mass is 817 g/mol. The maximum Gasteiger partial charge on any atom is 0.410 e. The quantitative estimate of drug-likeness (QED) is 0.216. The molecule has 5 atom stereocenters. The molecule has 4 N–H and O–H groups in total. The van der Waals surface area contributed by atoms with Crippen molar-refractivity contribution in [2.24, 2.45) is 17.6 Å². The fraction of sp³-hybridized carbons (Fsp3) is 0.568. The van der Waals surface area contributed by atoms with Crippen LogP contribution in [0.25, 0.3) is 11.1 Å². The molecule has 7 amide bonds. The van der Waals surface area contributed by atoms with Gasteiger partial charge in [0.1, 0.15) is 36.8 Å². The lowest BCUT2D eigenvalue weighted by Gasteiger charge is -2.39. The predicted octanol–water partition coefficient (Wildman–Crippen LogP) is 3.49. The fourth-order valence-electron chi connectivity index (χ4n) is 8.01. The van der Waals surface area contributed by atoms with E-state index in [2.05, 4.69) is 10.6 Å². The number of nitrogens with zero attached hydrogens (tertiary/aromatic N) is 4. The fourth-order valence-corrected chi connectivity index (χ4v) is 8.01. The van der Waals surface area contributed by atoms with E-state index in [4.69, 9.17) is 10.5 Å². The number of carbonyl (C=O) groups is 7. The molecule has 59 heavy (non-hydrogen) atoms. The summed E-state index contributed by atoms with van der Waals surface area (Å²) in [7, 11) is 4.34. The van der Waals surface area contributed by atoms with Crippen LogP contribution < -0.4 is 16.4 Å². The van der Waals surface area contributed by atoms with Crippen molar-refractivity contribution in [2.75, 3.05) is 40.8 Å². The Morgan fingerprint density at radius 3 is 1.83 bits per heavy atom. The molecule has 2 aromatic carbocycles. The maximum atomic E-state index is 14.0. The molecule has 0 unspecified atom stereocenters. The number of likely N-dealkylation sites (N-methyl/N-ethyl adjacent to an activating group) is 3. The molecule has 0 bridgehead atoms. The molecule has 322 valence electrons. The van der Waals surface area contributed by atoms with E-state index in [1.807, 2.05) is 62.4 Å². The van der Waals surface area contributed by atoms with E-state index >= 15 is 0 Å². The molecule has 0 saturated carbocycles. The molecule has 1 saturated heterocycles. The Balaban J connectivity index is 1.39. The van der Waals surface area contributed by atoms with E-state index in [0.29, 0.717) is 13.1 Å². The molecule has 0 spiro atoms. The van der Waals surface area contributed by atoms with Gasteiger partial charge in [-0.1, -0.05) is 76.2 Å². The summed E-state index contributed by atoms with van der Waals surface area (Å²) in [5.74, 6) is -4.04. The van der Waals surface area contributed by atoms with Crippen molar-refractivity contribution < 1.29 is 38.3 Å². The standard InChI is InChI=1S/C44H63N7O8/c1-26(2)23-35(47-39(53)29(6)48(7)44(58)59-25-34-32-19-13-11-17-30(32)31-18-12-14-20-33(31)34)40(54)46-28(5)41(55)50(9)38(27(3)4)43(57)49(8)36(24-37(45)52)42(56)51-21-15-10-16-22-51/h11-14,17-20,26-29,34-36,38H,10,15-16,21-25H2,1-9H3,(H2,45,52)(H,46,54)(H,47,53)/t28-,29-,35-,36-,38-/m0/s1. The van der Waals surface area contributed by atoms with Crippen molar-refractivity contribution in [3.05, 3.63) is 59.7 Å². The van der Waals surface area contributed by atoms with E-state index in [-0.39, 0.29) is 37.2 Å². The van der Waals surface area contributed by atoms with Crippen molar-refractivity contribution in [1.29, 1.82) is 0 Å². The summed E-state index contributed by atoms with van der Waals surface area (Å²) in [6.07, 6.45) is 1.80. The van der Waals surface area contributed by atoms with Gasteiger partial charge in [-0.3, -0.25) is 33.7 Å². The van der Waals surface area contributed by atoms with Crippen LogP contribution in [0.15, 0.2) is 48.5 Å². The number of primary amides is 1. The normalized spacial score (nSPS) is 16.2. The smallest absolute Gasteiger partial charge is 0.410 e. The Morgan fingerprint density at radius 2 is 1.31 bits per heavy atom. The van der Waals surface area contributed by atoms with Gasteiger partial charge in [-0.15, -0.1) is 0 Å². The number of nitrogens with one attached hydrogen (secondary N) is 2. The number of likely N-dealkylation sites (tertiary alicyclic amines) is 1. The third-order valence-electron chi connectivity index (χ3n) is 11.5. The molecule has 1 heterocycles. The highest BCUT2D eigenvalue weighted by molar-refractivity contribution is 5.97. The lowest BCUT2D eigenvalue weighted by molar-refractivity contribution is -0.153. The van der Waals surface area contributed by atoms with Crippen LogP contribution in [0, 0.1) is 11.8 Å². The molecule has 15 heteroatoms. The predicted molar refractivity (Wildman–Crippen MR) is 223 cm³/mol. The van der Waals surface area contributed by atoms with E-state index in [1.54, 1.807) is 18.7 Å². The summed E-state index contributed by atoms with van der Waals surface area (Å²) < 4.78 is 5.75. The van der Waals surface area contributed by atoms with Crippen LogP contribution in [0.1, 0.15) is 90.7 Å². The first-order valence-corrected chi connectivity index (χ1v) is 20.6. The zero-order valence-corrected chi connectivity index (χ0v) is 36.0. The first kappa shape index (κ1) is 46.2. The van der Waals surface area contributed by atoms with Gasteiger partial charge in [-0.25, -0.2) is 4.79 Å². The molecule has 4 rings (SSSR count). The van der Waals surface area contributed by atoms with Gasteiger partial charge in [0, 0.05) is 40.2 Å². The highest BCUT2D eigenvalue weighted by Gasteiger charge is 2.40. The molecule has 2 aromatic rings. The van der Waals surface area contributed by atoms with Gasteiger partial charge in [0.2, 0.25) is 35.4 Å². The molecular formula is C44H63N7O8. The second-order valence-corrected chi connectivity index (χ2v) is 16.7. The van der Waals surface area contributed by atoms with Gasteiger partial charge in [-0.05, 0) is 73.6 Å². The van der Waals surface area contributed by atoms with Gasteiger partial charge in [0.15, 0.2) is 0 Å². The summed E-state index contributed by atoms with van der Waals surface area (Å²) in [6.45, 7) is 11.4. The van der Waals surface area contributed by atoms with Crippen LogP contribution in [0.4, 0.5) is 4.79 Å². The number of hydrogen-bond acceptors (Lipinski definition) is 8. The molecule has 2 aliphatic rings. The number of ether oxygens (including phenoxy) is 1. The van der Waals surface area contributed by atoms with Gasteiger partial charge in [0.25, 0.3) is 0 Å². The summed E-state index contributed by atoms with van der Waals surface area (Å²) in [5, 5.41) is 5.47. The molecule has 15 nitrogen and oxygen atoms in total. The maximum absolute atomic E-state index is 14.0. The van der Waals surface area contributed by atoms with Crippen LogP contribution in [0.3, 0.4) is 0 Å². The van der Waals surface area contributed by atoms with Crippen molar-refractivity contribution in [1.82, 2.24) is 30.2 Å². The van der Waals surface area contributed by atoms with E-state index in [0.717, 1.165) is 41.5 Å². The second kappa shape index (κ2) is 20.5. The van der Waals surface area contributed by atoms with Crippen molar-refractivity contribution in [2.45, 2.75) is 110 Å². The van der Waals surface area contributed by atoms with Crippen LogP contribution >= 0.6 is 0 Å². The van der Waals surface area contributed by atoms with Crippen molar-refractivity contribution >= 4 is 41.5 Å². The summed E-state index contributed by atoms with van der Waals surface area (Å²) in [6, 6.07) is 10.6. The van der Waals surface area contributed by atoms with Crippen LogP contribution in [-0.2, 0) is 33.5 Å². The van der Waals surface area contributed by atoms with Crippen molar-refractivity contribution in [3.8, 4) is 11.1 Å². The van der Waals surface area contributed by atoms with Crippen LogP contribution in [0.2, 0.25) is 0 Å². The average Bonchev–Trinajstić information content (AvgIpc) is 3.53. The molecule has 1 aliphatic heterocycles. The molecule has 1 aliphatic carbocycles. The minimum absolute atomic E-state index is 0.0330. The first-order valence-electron chi connectivity index (χ1n) is 20.6. The van der Waals surface area contributed by atoms with Crippen molar-refractivity contribution in [3.63, 3.8) is 0 Å². The molecule has 1 fully saturated rings. The number of carbonyl (C=O) groups excluding carboxylic acids is 7. The van der Waals surface area contributed by atoms with E-state index in [9.17, 15) is 33.6 Å². The Kier molecular flexibility index (Phi) is 16.0. The minimum Gasteiger partial charge on any atom is -0.448 e.